The smallest absolute Gasteiger partial charge is 0.198 e. The van der Waals surface area contributed by atoms with E-state index in [4.69, 9.17) is 4.74 Å². The van der Waals surface area contributed by atoms with Crippen molar-refractivity contribution in [1.29, 1.82) is 0 Å². The lowest BCUT2D eigenvalue weighted by Gasteiger charge is -1.93. The fraction of sp³-hybridized carbons (Fsp3) is 0.444. The van der Waals surface area contributed by atoms with E-state index in [1.165, 1.54) is 22.7 Å². The van der Waals surface area contributed by atoms with Crippen LogP contribution in [0.5, 0.6) is 0 Å². The van der Waals surface area contributed by atoms with E-state index < -0.39 is 0 Å². The van der Waals surface area contributed by atoms with Crippen molar-refractivity contribution < 1.29 is 9.53 Å². The van der Waals surface area contributed by atoms with Gasteiger partial charge in [-0.2, -0.15) is 0 Å². The topological polar surface area (TPSA) is 26.3 Å². The Morgan fingerprint density at radius 1 is 1.62 bits per heavy atom. The van der Waals surface area contributed by atoms with Crippen molar-refractivity contribution in [2.75, 3.05) is 19.5 Å². The highest BCUT2D eigenvalue weighted by atomic mass is 32.2. The molecule has 0 amide bonds. The molecule has 0 saturated heterocycles. The fourth-order valence-corrected chi connectivity index (χ4v) is 2.86. The summed E-state index contributed by atoms with van der Waals surface area (Å²) in [5.74, 6) is 1.11. The van der Waals surface area contributed by atoms with Gasteiger partial charge in [0.2, 0.25) is 0 Å². The van der Waals surface area contributed by atoms with Crippen LogP contribution in [-0.4, -0.2) is 25.3 Å². The molecule has 1 aromatic rings. The van der Waals surface area contributed by atoms with Gasteiger partial charge in [-0.05, 0) is 17.9 Å². The van der Waals surface area contributed by atoms with Gasteiger partial charge in [-0.25, -0.2) is 0 Å². The molecule has 0 aliphatic carbocycles. The first-order valence-electron chi connectivity index (χ1n) is 4.02. The first-order valence-corrected chi connectivity index (χ1v) is 5.83. The first-order chi connectivity index (χ1) is 6.27. The van der Waals surface area contributed by atoms with Crippen LogP contribution in [0.25, 0.3) is 0 Å². The van der Waals surface area contributed by atoms with Gasteiger partial charge in [-0.15, -0.1) is 23.1 Å². The molecule has 0 radical (unpaired) electrons. The number of carbonyl (C=O) groups excluding carboxylic acids is 1. The average Bonchev–Trinajstić information content (AvgIpc) is 2.54. The molecule has 4 heteroatoms. The number of Topliss-reactive ketones (excluding diaryl/α,β-unsaturated/α-hetero) is 1. The van der Waals surface area contributed by atoms with E-state index >= 15 is 0 Å². The highest BCUT2D eigenvalue weighted by Gasteiger charge is 2.08. The van der Waals surface area contributed by atoms with Crippen LogP contribution >= 0.6 is 23.1 Å². The SMILES string of the molecule is CCSc1ccc(C(=O)COC)s1. The predicted octanol–water partition coefficient (Wildman–Crippen LogP) is 2.69. The number of methoxy groups -OCH3 is 1. The maximum atomic E-state index is 11.3. The summed E-state index contributed by atoms with van der Waals surface area (Å²) in [5, 5.41) is 0. The van der Waals surface area contributed by atoms with Crippen molar-refractivity contribution in [3.8, 4) is 0 Å². The number of thioether (sulfide) groups is 1. The van der Waals surface area contributed by atoms with E-state index in [0.29, 0.717) is 0 Å². The third-order valence-electron chi connectivity index (χ3n) is 1.42. The lowest BCUT2D eigenvalue weighted by molar-refractivity contribution is 0.0852. The average molecular weight is 216 g/mol. The summed E-state index contributed by atoms with van der Waals surface area (Å²) in [6, 6.07) is 3.85. The van der Waals surface area contributed by atoms with Gasteiger partial charge in [0.15, 0.2) is 5.78 Å². The molecule has 1 heterocycles. The van der Waals surface area contributed by atoms with E-state index in [0.717, 1.165) is 10.6 Å². The summed E-state index contributed by atoms with van der Waals surface area (Å²) >= 11 is 3.30. The number of ether oxygens (including phenoxy) is 1. The van der Waals surface area contributed by atoms with Crippen molar-refractivity contribution in [1.82, 2.24) is 0 Å². The van der Waals surface area contributed by atoms with E-state index in [-0.39, 0.29) is 12.4 Å². The lowest BCUT2D eigenvalue weighted by atomic mass is 10.3. The van der Waals surface area contributed by atoms with E-state index in [1.54, 1.807) is 11.8 Å². The number of rotatable bonds is 5. The molecular weight excluding hydrogens is 204 g/mol. The summed E-state index contributed by atoms with van der Waals surface area (Å²) in [6.07, 6.45) is 0. The van der Waals surface area contributed by atoms with Gasteiger partial charge in [0.05, 0.1) is 9.09 Å². The monoisotopic (exact) mass is 216 g/mol. The number of ketones is 1. The zero-order chi connectivity index (χ0) is 9.68. The second-order valence-corrected chi connectivity index (χ2v) is 5.06. The Morgan fingerprint density at radius 3 is 3.00 bits per heavy atom. The van der Waals surface area contributed by atoms with Crippen LogP contribution in [0.3, 0.4) is 0 Å². The molecule has 0 bridgehead atoms. The Balaban J connectivity index is 2.62. The van der Waals surface area contributed by atoms with Crippen molar-refractivity contribution in [2.45, 2.75) is 11.1 Å². The lowest BCUT2D eigenvalue weighted by Crippen LogP contribution is -2.04. The number of hydrogen-bond acceptors (Lipinski definition) is 4. The quantitative estimate of drug-likeness (QED) is 0.559. The molecule has 0 unspecified atom stereocenters. The number of carbonyl (C=O) groups is 1. The molecule has 0 saturated carbocycles. The van der Waals surface area contributed by atoms with Crippen molar-refractivity contribution in [2.24, 2.45) is 0 Å². The van der Waals surface area contributed by atoms with Crippen LogP contribution < -0.4 is 0 Å². The third kappa shape index (κ3) is 3.14. The second kappa shape index (κ2) is 5.42. The maximum Gasteiger partial charge on any atom is 0.198 e. The Morgan fingerprint density at radius 2 is 2.38 bits per heavy atom. The van der Waals surface area contributed by atoms with Crippen molar-refractivity contribution in [3.05, 3.63) is 17.0 Å². The molecule has 13 heavy (non-hydrogen) atoms. The summed E-state index contributed by atoms with van der Waals surface area (Å²) in [4.78, 5) is 12.1. The first kappa shape index (κ1) is 10.8. The standard InChI is InChI=1S/C9H12O2S2/c1-3-12-9-5-4-8(13-9)7(10)6-11-2/h4-5H,3,6H2,1-2H3. The maximum absolute atomic E-state index is 11.3. The summed E-state index contributed by atoms with van der Waals surface area (Å²) in [6.45, 7) is 2.28. The van der Waals surface area contributed by atoms with Crippen LogP contribution in [0, 0.1) is 0 Å². The molecule has 1 rings (SSSR count). The van der Waals surface area contributed by atoms with Crippen LogP contribution in [0.15, 0.2) is 16.3 Å². The minimum Gasteiger partial charge on any atom is -0.376 e. The molecule has 0 spiro atoms. The molecule has 2 nitrogen and oxygen atoms in total. The molecule has 1 aromatic heterocycles. The minimum atomic E-state index is 0.0652. The van der Waals surface area contributed by atoms with Gasteiger partial charge >= 0.3 is 0 Å². The predicted molar refractivity (Wildman–Crippen MR) is 56.9 cm³/mol. The van der Waals surface area contributed by atoms with Crippen LogP contribution in [0.1, 0.15) is 16.6 Å². The van der Waals surface area contributed by atoms with Crippen molar-refractivity contribution >= 4 is 28.9 Å². The molecule has 0 aliphatic rings. The van der Waals surface area contributed by atoms with Gasteiger partial charge in [-0.3, -0.25) is 4.79 Å². The Bertz CT molecular complexity index is 281. The summed E-state index contributed by atoms with van der Waals surface area (Å²) < 4.78 is 5.97. The third-order valence-corrected chi connectivity index (χ3v) is 3.65. The van der Waals surface area contributed by atoms with Gasteiger partial charge in [0, 0.05) is 7.11 Å². The number of thiophene rings is 1. The van der Waals surface area contributed by atoms with Gasteiger partial charge in [0.25, 0.3) is 0 Å². The Hall–Kier alpha value is -0.320. The van der Waals surface area contributed by atoms with Gasteiger partial charge in [-0.1, -0.05) is 6.92 Å². The Kier molecular flexibility index (Phi) is 4.48. The van der Waals surface area contributed by atoms with Crippen LogP contribution in [0.4, 0.5) is 0 Å². The normalized spacial score (nSPS) is 10.3. The highest BCUT2D eigenvalue weighted by molar-refractivity contribution is 8.01. The molecule has 0 aromatic carbocycles. The van der Waals surface area contributed by atoms with Gasteiger partial charge < -0.3 is 4.74 Å². The zero-order valence-corrected chi connectivity index (χ0v) is 9.33. The summed E-state index contributed by atoms with van der Waals surface area (Å²) in [5.41, 5.74) is 0. The molecule has 0 aliphatic heterocycles. The van der Waals surface area contributed by atoms with Crippen LogP contribution in [-0.2, 0) is 4.74 Å². The number of hydrogen-bond donors (Lipinski definition) is 0. The fourth-order valence-electron chi connectivity index (χ4n) is 0.892. The van der Waals surface area contributed by atoms with E-state index in [2.05, 4.69) is 6.92 Å². The molecule has 0 fully saturated rings. The minimum absolute atomic E-state index is 0.0652. The highest BCUT2D eigenvalue weighted by Crippen LogP contribution is 2.27. The van der Waals surface area contributed by atoms with Crippen molar-refractivity contribution in [3.63, 3.8) is 0 Å². The largest absolute Gasteiger partial charge is 0.376 e. The van der Waals surface area contributed by atoms with E-state index in [9.17, 15) is 4.79 Å². The molecular formula is C9H12O2S2. The van der Waals surface area contributed by atoms with Crippen LogP contribution in [0.2, 0.25) is 0 Å². The molecule has 0 atom stereocenters. The molecule has 0 N–H and O–H groups in total. The second-order valence-electron chi connectivity index (χ2n) is 2.41. The summed E-state index contributed by atoms with van der Waals surface area (Å²) in [7, 11) is 1.53. The van der Waals surface area contributed by atoms with Gasteiger partial charge in [0.1, 0.15) is 6.61 Å². The zero-order valence-electron chi connectivity index (χ0n) is 7.70. The van der Waals surface area contributed by atoms with E-state index in [1.807, 2.05) is 12.1 Å². The molecule has 72 valence electrons. The Labute approximate surface area is 86.3 Å².